The number of ether oxygens (including phenoxy) is 2. The maximum absolute atomic E-state index is 9.89. The van der Waals surface area contributed by atoms with Gasteiger partial charge in [-0.3, -0.25) is 0 Å². The molecular weight excluding hydrogens is 364 g/mol. The average Bonchev–Trinajstić information content (AvgIpc) is 2.78. The first-order valence-corrected chi connectivity index (χ1v) is 9.58. The largest absolute Gasteiger partial charge is 0.496 e. The summed E-state index contributed by atoms with van der Waals surface area (Å²) in [5.74, 6) is 1.42. The summed E-state index contributed by atoms with van der Waals surface area (Å²) in [6, 6.07) is 20.2. The summed E-state index contributed by atoms with van der Waals surface area (Å²) in [7, 11) is 3.26. The lowest BCUT2D eigenvalue weighted by molar-refractivity contribution is 0.274. The third kappa shape index (κ3) is 3.31. The van der Waals surface area contributed by atoms with Crippen molar-refractivity contribution < 1.29 is 19.7 Å². The lowest BCUT2D eigenvalue weighted by atomic mass is 9.91. The molecular formula is C25H24O4. The molecule has 2 N–H and O–H groups in total. The lowest BCUT2D eigenvalue weighted by Crippen LogP contribution is -2.01. The molecule has 29 heavy (non-hydrogen) atoms. The minimum Gasteiger partial charge on any atom is -0.496 e. The second-order valence-corrected chi connectivity index (χ2v) is 7.04. The molecule has 0 atom stereocenters. The monoisotopic (exact) mass is 388 g/mol. The van der Waals surface area contributed by atoms with Crippen LogP contribution in [0.15, 0.2) is 60.7 Å². The Morgan fingerprint density at radius 2 is 0.966 bits per heavy atom. The van der Waals surface area contributed by atoms with E-state index in [0.29, 0.717) is 17.9 Å². The first-order valence-electron chi connectivity index (χ1n) is 9.58. The van der Waals surface area contributed by atoms with Crippen LogP contribution < -0.4 is 9.47 Å². The van der Waals surface area contributed by atoms with Crippen molar-refractivity contribution >= 4 is 21.5 Å². The van der Waals surface area contributed by atoms with Crippen LogP contribution in [0.5, 0.6) is 11.5 Å². The predicted molar refractivity (Wildman–Crippen MR) is 116 cm³/mol. The van der Waals surface area contributed by atoms with Gasteiger partial charge >= 0.3 is 0 Å². The summed E-state index contributed by atoms with van der Waals surface area (Å²) in [4.78, 5) is 0. The zero-order valence-corrected chi connectivity index (χ0v) is 16.6. The molecule has 0 unspecified atom stereocenters. The Bertz CT molecular complexity index is 1090. The quantitative estimate of drug-likeness (QED) is 0.507. The van der Waals surface area contributed by atoms with Crippen LogP contribution in [-0.4, -0.2) is 24.4 Å². The summed E-state index contributed by atoms with van der Waals surface area (Å²) in [5, 5.41) is 23.9. The van der Waals surface area contributed by atoms with Gasteiger partial charge in [-0.15, -0.1) is 0 Å². The van der Waals surface area contributed by atoms with Crippen LogP contribution in [0, 0.1) is 0 Å². The van der Waals surface area contributed by atoms with Crippen LogP contribution in [0.25, 0.3) is 21.5 Å². The van der Waals surface area contributed by atoms with Gasteiger partial charge in [-0.2, -0.15) is 0 Å². The molecule has 0 radical (unpaired) electrons. The van der Waals surface area contributed by atoms with Crippen LogP contribution in [-0.2, 0) is 19.6 Å². The molecule has 0 saturated heterocycles. The molecule has 4 aromatic carbocycles. The Labute approximate surface area is 169 Å². The zero-order valence-electron chi connectivity index (χ0n) is 16.6. The van der Waals surface area contributed by atoms with Gasteiger partial charge in [0.05, 0.1) is 27.4 Å². The van der Waals surface area contributed by atoms with Crippen molar-refractivity contribution in [1.82, 2.24) is 0 Å². The number of benzene rings is 4. The van der Waals surface area contributed by atoms with Crippen LogP contribution in [0.2, 0.25) is 0 Å². The molecule has 4 aromatic rings. The van der Waals surface area contributed by atoms with Crippen LogP contribution >= 0.6 is 0 Å². The number of rotatable bonds is 6. The normalized spacial score (nSPS) is 11.2. The van der Waals surface area contributed by atoms with Gasteiger partial charge in [0.2, 0.25) is 0 Å². The van der Waals surface area contributed by atoms with E-state index in [2.05, 4.69) is 12.1 Å². The van der Waals surface area contributed by atoms with Gasteiger partial charge in [-0.1, -0.05) is 48.5 Å². The molecule has 148 valence electrons. The number of aliphatic hydroxyl groups is 2. The van der Waals surface area contributed by atoms with Gasteiger partial charge in [0.1, 0.15) is 11.5 Å². The minimum atomic E-state index is -0.0910. The highest BCUT2D eigenvalue weighted by molar-refractivity contribution is 5.95. The van der Waals surface area contributed by atoms with E-state index >= 15 is 0 Å². The summed E-state index contributed by atoms with van der Waals surface area (Å²) in [6.07, 6.45) is 0.662. The van der Waals surface area contributed by atoms with E-state index in [1.54, 1.807) is 14.2 Å². The highest BCUT2D eigenvalue weighted by Gasteiger charge is 2.16. The molecule has 0 aromatic heterocycles. The summed E-state index contributed by atoms with van der Waals surface area (Å²) in [6.45, 7) is -0.182. The maximum atomic E-state index is 9.89. The fourth-order valence-electron chi connectivity index (χ4n) is 4.19. The van der Waals surface area contributed by atoms with Crippen molar-refractivity contribution in [3.63, 3.8) is 0 Å². The van der Waals surface area contributed by atoms with Crippen molar-refractivity contribution in [2.45, 2.75) is 19.6 Å². The molecule has 0 amide bonds. The molecule has 4 nitrogen and oxygen atoms in total. The Hall–Kier alpha value is -3.08. The molecule has 0 bridgehead atoms. The molecule has 4 heteroatoms. The standard InChI is InChI=1S/C25H24O4/c1-28-24-18(14-26)12-16(20-7-3-5-9-22(20)24)11-17-13-19(15-27)25(29-2)23-10-6-4-8-21(17)23/h3-10,12-13,26-27H,11,14-15H2,1-2H3. The van der Waals surface area contributed by atoms with E-state index in [1.807, 2.05) is 48.5 Å². The van der Waals surface area contributed by atoms with E-state index in [9.17, 15) is 10.2 Å². The van der Waals surface area contributed by atoms with E-state index in [0.717, 1.165) is 43.8 Å². The first kappa shape index (κ1) is 19.2. The topological polar surface area (TPSA) is 58.9 Å². The summed E-state index contributed by atoms with van der Waals surface area (Å²) in [5.41, 5.74) is 3.73. The number of hydrogen-bond acceptors (Lipinski definition) is 4. The van der Waals surface area contributed by atoms with Crippen molar-refractivity contribution in [1.29, 1.82) is 0 Å². The van der Waals surface area contributed by atoms with Gasteiger partial charge < -0.3 is 19.7 Å². The molecule has 0 aliphatic carbocycles. The van der Waals surface area contributed by atoms with Crippen molar-refractivity contribution in [2.24, 2.45) is 0 Å². The minimum absolute atomic E-state index is 0.0910. The lowest BCUT2D eigenvalue weighted by Gasteiger charge is -2.17. The van der Waals surface area contributed by atoms with E-state index in [-0.39, 0.29) is 13.2 Å². The summed E-state index contributed by atoms with van der Waals surface area (Å²) < 4.78 is 11.2. The number of hydrogen-bond donors (Lipinski definition) is 2. The molecule has 0 fully saturated rings. The van der Waals surface area contributed by atoms with Crippen molar-refractivity contribution in [3.05, 3.63) is 82.9 Å². The van der Waals surface area contributed by atoms with Crippen LogP contribution in [0.1, 0.15) is 22.3 Å². The van der Waals surface area contributed by atoms with Crippen LogP contribution in [0.3, 0.4) is 0 Å². The molecule has 0 aliphatic heterocycles. The molecule has 0 heterocycles. The van der Waals surface area contributed by atoms with Gasteiger partial charge in [-0.05, 0) is 40.5 Å². The Kier molecular flexibility index (Phi) is 5.38. The molecule has 0 spiro atoms. The number of fused-ring (bicyclic) bond motifs is 2. The Morgan fingerprint density at radius 1 is 0.586 bits per heavy atom. The SMILES string of the molecule is COc1c(CO)cc(Cc2cc(CO)c(OC)c3ccccc23)c2ccccc12. The molecule has 0 saturated carbocycles. The second-order valence-electron chi connectivity index (χ2n) is 7.04. The third-order valence-electron chi connectivity index (χ3n) is 5.45. The smallest absolute Gasteiger partial charge is 0.132 e. The van der Waals surface area contributed by atoms with Crippen LogP contribution in [0.4, 0.5) is 0 Å². The molecule has 4 rings (SSSR count). The van der Waals surface area contributed by atoms with E-state index in [4.69, 9.17) is 9.47 Å². The van der Waals surface area contributed by atoms with Gasteiger partial charge in [0.15, 0.2) is 0 Å². The number of aliphatic hydroxyl groups excluding tert-OH is 2. The van der Waals surface area contributed by atoms with E-state index < -0.39 is 0 Å². The van der Waals surface area contributed by atoms with Crippen molar-refractivity contribution in [3.8, 4) is 11.5 Å². The highest BCUT2D eigenvalue weighted by atomic mass is 16.5. The number of methoxy groups -OCH3 is 2. The van der Waals surface area contributed by atoms with Gasteiger partial charge in [0, 0.05) is 21.9 Å². The summed E-state index contributed by atoms with van der Waals surface area (Å²) >= 11 is 0. The average molecular weight is 388 g/mol. The zero-order chi connectivity index (χ0) is 20.4. The third-order valence-corrected chi connectivity index (χ3v) is 5.45. The Morgan fingerprint density at radius 3 is 1.31 bits per heavy atom. The van der Waals surface area contributed by atoms with Gasteiger partial charge in [0.25, 0.3) is 0 Å². The van der Waals surface area contributed by atoms with Crippen molar-refractivity contribution in [2.75, 3.05) is 14.2 Å². The molecule has 0 aliphatic rings. The fourth-order valence-corrected chi connectivity index (χ4v) is 4.19. The fraction of sp³-hybridized carbons (Fsp3) is 0.200. The second kappa shape index (κ2) is 8.11. The van der Waals surface area contributed by atoms with E-state index in [1.165, 1.54) is 0 Å². The predicted octanol–water partition coefficient (Wildman–Crippen LogP) is 4.59. The van der Waals surface area contributed by atoms with Gasteiger partial charge in [-0.25, -0.2) is 0 Å². The highest BCUT2D eigenvalue weighted by Crippen LogP contribution is 2.37. The maximum Gasteiger partial charge on any atom is 0.132 e. The first-order chi connectivity index (χ1) is 14.2. The Balaban J connectivity index is 1.96.